The van der Waals surface area contributed by atoms with Crippen molar-refractivity contribution in [2.24, 2.45) is 0 Å². The first kappa shape index (κ1) is 12.5. The molecule has 2 N–H and O–H groups in total. The Morgan fingerprint density at radius 2 is 2.25 bits per heavy atom. The molecule has 1 saturated carbocycles. The fourth-order valence-electron chi connectivity index (χ4n) is 1.31. The summed E-state index contributed by atoms with van der Waals surface area (Å²) in [5.74, 6) is 0. The number of nitrogens with one attached hydrogen (secondary N) is 2. The minimum atomic E-state index is -3.35. The van der Waals surface area contributed by atoms with Crippen LogP contribution in [0.5, 0.6) is 0 Å². The smallest absolute Gasteiger partial charge is 0.242 e. The number of rotatable bonds is 5. The van der Waals surface area contributed by atoms with Gasteiger partial charge in [0.25, 0.3) is 0 Å². The van der Waals surface area contributed by atoms with Crippen LogP contribution in [-0.4, -0.2) is 21.5 Å². The topological polar surface area (TPSA) is 58.2 Å². The van der Waals surface area contributed by atoms with E-state index in [-0.39, 0.29) is 0 Å². The first-order chi connectivity index (χ1) is 7.53. The fraction of sp³-hybridized carbons (Fsp3) is 0.556. The van der Waals surface area contributed by atoms with Gasteiger partial charge in [0.15, 0.2) is 0 Å². The SMILES string of the molecule is CNS(=O)(=O)c1cc(CNC2CC2)sc1Br. The molecule has 7 heteroatoms. The van der Waals surface area contributed by atoms with E-state index in [2.05, 4.69) is 26.0 Å². The molecule has 0 spiro atoms. The molecule has 1 aliphatic rings. The third-order valence-electron chi connectivity index (χ3n) is 2.41. The van der Waals surface area contributed by atoms with E-state index in [0.717, 1.165) is 11.4 Å². The second-order valence-corrected chi connectivity index (χ2v) is 8.02. The summed E-state index contributed by atoms with van der Waals surface area (Å²) in [7, 11) is -1.93. The van der Waals surface area contributed by atoms with E-state index in [4.69, 9.17) is 0 Å². The molecule has 2 rings (SSSR count). The summed E-state index contributed by atoms with van der Waals surface area (Å²) >= 11 is 4.75. The molecule has 4 nitrogen and oxygen atoms in total. The maximum absolute atomic E-state index is 11.6. The van der Waals surface area contributed by atoms with E-state index in [9.17, 15) is 8.42 Å². The molecule has 0 saturated heterocycles. The molecule has 0 radical (unpaired) electrons. The van der Waals surface area contributed by atoms with Gasteiger partial charge in [-0.05, 0) is 41.9 Å². The Balaban J connectivity index is 2.14. The Morgan fingerprint density at radius 3 is 2.81 bits per heavy atom. The van der Waals surface area contributed by atoms with Crippen LogP contribution in [0.3, 0.4) is 0 Å². The predicted octanol–water partition coefficient (Wildman–Crippen LogP) is 1.67. The van der Waals surface area contributed by atoms with Crippen LogP contribution in [0.2, 0.25) is 0 Å². The lowest BCUT2D eigenvalue weighted by molar-refractivity contribution is 0.588. The number of hydrogen-bond acceptors (Lipinski definition) is 4. The van der Waals surface area contributed by atoms with Gasteiger partial charge in [0.1, 0.15) is 4.90 Å². The van der Waals surface area contributed by atoms with Crippen molar-refractivity contribution in [2.45, 2.75) is 30.3 Å². The van der Waals surface area contributed by atoms with Crippen LogP contribution in [0.25, 0.3) is 0 Å². The molecular formula is C9H13BrN2O2S2. The molecule has 90 valence electrons. The summed E-state index contributed by atoms with van der Waals surface area (Å²) < 4.78 is 26.2. The summed E-state index contributed by atoms with van der Waals surface area (Å²) in [4.78, 5) is 1.36. The number of thiophene rings is 1. The maximum Gasteiger partial charge on any atom is 0.242 e. The Hall–Kier alpha value is 0.0500. The molecule has 1 aliphatic carbocycles. The van der Waals surface area contributed by atoms with Crippen LogP contribution >= 0.6 is 27.3 Å². The molecule has 0 bridgehead atoms. The minimum Gasteiger partial charge on any atom is -0.309 e. The van der Waals surface area contributed by atoms with Crippen molar-refractivity contribution in [3.63, 3.8) is 0 Å². The fourth-order valence-corrected chi connectivity index (χ4v) is 4.67. The van der Waals surface area contributed by atoms with Gasteiger partial charge < -0.3 is 5.32 Å². The number of halogens is 1. The molecule has 1 aromatic rings. The average Bonchev–Trinajstić information content (AvgIpc) is 2.99. The van der Waals surface area contributed by atoms with Gasteiger partial charge in [-0.15, -0.1) is 11.3 Å². The van der Waals surface area contributed by atoms with E-state index in [1.165, 1.54) is 31.2 Å². The van der Waals surface area contributed by atoms with Gasteiger partial charge in [-0.3, -0.25) is 0 Å². The number of sulfonamides is 1. The van der Waals surface area contributed by atoms with Crippen molar-refractivity contribution < 1.29 is 8.42 Å². The van der Waals surface area contributed by atoms with Crippen LogP contribution in [0.1, 0.15) is 17.7 Å². The Labute approximate surface area is 108 Å². The Kier molecular flexibility index (Phi) is 3.70. The second kappa shape index (κ2) is 4.73. The quantitative estimate of drug-likeness (QED) is 0.866. The van der Waals surface area contributed by atoms with Gasteiger partial charge in [0, 0.05) is 17.5 Å². The van der Waals surface area contributed by atoms with Gasteiger partial charge in [-0.25, -0.2) is 13.1 Å². The molecule has 16 heavy (non-hydrogen) atoms. The van der Waals surface area contributed by atoms with Crippen molar-refractivity contribution in [1.82, 2.24) is 10.0 Å². The van der Waals surface area contributed by atoms with E-state index in [1.54, 1.807) is 6.07 Å². The van der Waals surface area contributed by atoms with Gasteiger partial charge in [-0.1, -0.05) is 0 Å². The van der Waals surface area contributed by atoms with Crippen LogP contribution < -0.4 is 10.0 Å². The highest BCUT2D eigenvalue weighted by Crippen LogP contribution is 2.32. The zero-order valence-corrected chi connectivity index (χ0v) is 12.0. The van der Waals surface area contributed by atoms with Crippen molar-refractivity contribution >= 4 is 37.3 Å². The zero-order valence-electron chi connectivity index (χ0n) is 8.79. The molecular weight excluding hydrogens is 312 g/mol. The average molecular weight is 325 g/mol. The first-order valence-electron chi connectivity index (χ1n) is 4.98. The molecule has 0 unspecified atom stereocenters. The molecule has 1 heterocycles. The van der Waals surface area contributed by atoms with Crippen LogP contribution in [-0.2, 0) is 16.6 Å². The monoisotopic (exact) mass is 324 g/mol. The summed E-state index contributed by atoms with van der Waals surface area (Å²) in [6.45, 7) is 0.743. The normalized spacial score (nSPS) is 16.6. The molecule has 0 aromatic carbocycles. The van der Waals surface area contributed by atoms with Crippen LogP contribution in [0.4, 0.5) is 0 Å². The molecule has 0 amide bonds. The van der Waals surface area contributed by atoms with E-state index >= 15 is 0 Å². The van der Waals surface area contributed by atoms with Crippen molar-refractivity contribution in [3.05, 3.63) is 14.7 Å². The summed E-state index contributed by atoms with van der Waals surface area (Å²) in [5, 5.41) is 3.36. The maximum atomic E-state index is 11.6. The highest BCUT2D eigenvalue weighted by Gasteiger charge is 2.22. The Bertz CT molecular complexity index is 480. The minimum absolute atomic E-state index is 0.326. The summed E-state index contributed by atoms with van der Waals surface area (Å²) in [6, 6.07) is 2.35. The molecule has 1 aromatic heterocycles. The summed E-state index contributed by atoms with van der Waals surface area (Å²) in [6.07, 6.45) is 2.46. The number of hydrogen-bond donors (Lipinski definition) is 2. The van der Waals surface area contributed by atoms with Crippen molar-refractivity contribution in [2.75, 3.05) is 7.05 Å². The van der Waals surface area contributed by atoms with Crippen molar-refractivity contribution in [1.29, 1.82) is 0 Å². The van der Waals surface area contributed by atoms with E-state index in [1.807, 2.05) is 0 Å². The van der Waals surface area contributed by atoms with Gasteiger partial charge in [0.05, 0.1) is 3.79 Å². The van der Waals surface area contributed by atoms with Crippen molar-refractivity contribution in [3.8, 4) is 0 Å². The Morgan fingerprint density at radius 1 is 1.56 bits per heavy atom. The third kappa shape index (κ3) is 2.84. The largest absolute Gasteiger partial charge is 0.309 e. The van der Waals surface area contributed by atoms with Gasteiger partial charge >= 0.3 is 0 Å². The lowest BCUT2D eigenvalue weighted by Gasteiger charge is -1.99. The van der Waals surface area contributed by atoms with Crippen LogP contribution in [0, 0.1) is 0 Å². The third-order valence-corrected chi connectivity index (χ3v) is 6.07. The van der Waals surface area contributed by atoms with E-state index in [0.29, 0.717) is 14.7 Å². The molecule has 0 atom stereocenters. The highest BCUT2D eigenvalue weighted by molar-refractivity contribution is 9.11. The zero-order chi connectivity index (χ0) is 11.8. The summed E-state index contributed by atoms with van der Waals surface area (Å²) in [5.41, 5.74) is 0. The first-order valence-corrected chi connectivity index (χ1v) is 8.07. The molecule has 1 fully saturated rings. The van der Waals surface area contributed by atoms with E-state index < -0.39 is 10.0 Å². The highest BCUT2D eigenvalue weighted by atomic mass is 79.9. The standard InChI is InChI=1S/C9H13BrN2O2S2/c1-11-16(13,14)8-4-7(15-9(8)10)5-12-6-2-3-6/h4,6,11-12H,2-3,5H2,1H3. The predicted molar refractivity (Wildman–Crippen MR) is 68.1 cm³/mol. The van der Waals surface area contributed by atoms with Crippen LogP contribution in [0.15, 0.2) is 14.7 Å². The molecule has 0 aliphatic heterocycles. The van der Waals surface area contributed by atoms with Gasteiger partial charge in [0.2, 0.25) is 10.0 Å². The lowest BCUT2D eigenvalue weighted by atomic mass is 10.4. The lowest BCUT2D eigenvalue weighted by Crippen LogP contribution is -2.18. The second-order valence-electron chi connectivity index (χ2n) is 3.71. The van der Waals surface area contributed by atoms with Gasteiger partial charge in [-0.2, -0.15) is 0 Å².